The largest absolute Gasteiger partial charge is 0.356 e. The smallest absolute Gasteiger partial charge is 0.0506 e. The van der Waals surface area contributed by atoms with Crippen molar-refractivity contribution in [3.05, 3.63) is 185 Å². The predicted molar refractivity (Wildman–Crippen MR) is 224 cm³/mol. The van der Waals surface area contributed by atoms with Crippen molar-refractivity contribution in [1.29, 1.82) is 0 Å². The van der Waals surface area contributed by atoms with E-state index in [0.29, 0.717) is 0 Å². The third kappa shape index (κ3) is 4.58. The molecule has 0 fully saturated rings. The Morgan fingerprint density at radius 2 is 0.868 bits per heavy atom. The molecule has 53 heavy (non-hydrogen) atoms. The van der Waals surface area contributed by atoms with Crippen LogP contribution in [0.5, 0.6) is 0 Å². The first kappa shape index (κ1) is 31.8. The molecule has 7 aromatic rings. The lowest BCUT2D eigenvalue weighted by Gasteiger charge is -2.42. The van der Waals surface area contributed by atoms with Crippen LogP contribution in [0.4, 0.5) is 28.4 Å². The number of para-hydroxylation sites is 3. The Labute approximate surface area is 313 Å². The first-order chi connectivity index (χ1) is 25.5. The van der Waals surface area contributed by atoms with E-state index < -0.39 is 0 Å². The van der Waals surface area contributed by atoms with Gasteiger partial charge in [0, 0.05) is 33.3 Å². The van der Waals surface area contributed by atoms with E-state index >= 15 is 0 Å². The Balaban J connectivity index is 1.05. The summed E-state index contributed by atoms with van der Waals surface area (Å²) in [5, 5.41) is 3.61. The quantitative estimate of drug-likeness (QED) is 0.199. The third-order valence-electron chi connectivity index (χ3n) is 12.6. The minimum Gasteiger partial charge on any atom is -0.356 e. The average Bonchev–Trinajstić information content (AvgIpc) is 3.53. The van der Waals surface area contributed by atoms with Gasteiger partial charge in [-0.3, -0.25) is 0 Å². The third-order valence-corrected chi connectivity index (χ3v) is 12.6. The second-order valence-corrected chi connectivity index (χ2v) is 16.8. The molecule has 0 spiro atoms. The summed E-state index contributed by atoms with van der Waals surface area (Å²) in [6.07, 6.45) is 0. The molecule has 258 valence electrons. The van der Waals surface area contributed by atoms with Crippen LogP contribution in [-0.2, 0) is 16.2 Å². The van der Waals surface area contributed by atoms with Crippen molar-refractivity contribution in [2.24, 2.45) is 0 Å². The van der Waals surface area contributed by atoms with E-state index in [2.05, 4.69) is 203 Å². The number of fused-ring (bicyclic) bond motifs is 8. The molecule has 0 amide bonds. The van der Waals surface area contributed by atoms with Crippen LogP contribution in [0, 0.1) is 0 Å². The first-order valence-electron chi connectivity index (χ1n) is 18.9. The van der Waals surface area contributed by atoms with Crippen molar-refractivity contribution in [1.82, 2.24) is 0 Å². The minimum absolute atomic E-state index is 0.116. The Morgan fingerprint density at radius 3 is 1.53 bits per heavy atom. The molecule has 10 rings (SSSR count). The molecule has 0 radical (unpaired) electrons. The molecule has 2 nitrogen and oxygen atoms in total. The second kappa shape index (κ2) is 11.1. The summed E-state index contributed by atoms with van der Waals surface area (Å²) in [5.74, 6) is 0. The van der Waals surface area contributed by atoms with Crippen LogP contribution in [0.2, 0.25) is 0 Å². The predicted octanol–water partition coefficient (Wildman–Crippen LogP) is 13.8. The van der Waals surface area contributed by atoms with Gasteiger partial charge < -0.3 is 10.2 Å². The molecule has 0 atom stereocenters. The molecule has 2 aliphatic carbocycles. The summed E-state index contributed by atoms with van der Waals surface area (Å²) in [6, 6.07) is 56.4. The number of hydrogen-bond donors (Lipinski definition) is 1. The van der Waals surface area contributed by atoms with Crippen molar-refractivity contribution in [3.63, 3.8) is 0 Å². The van der Waals surface area contributed by atoms with E-state index in [1.165, 1.54) is 83.8 Å². The van der Waals surface area contributed by atoms with E-state index in [9.17, 15) is 0 Å². The van der Waals surface area contributed by atoms with Crippen molar-refractivity contribution in [3.8, 4) is 33.4 Å². The maximum atomic E-state index is 3.61. The number of hydrogen-bond acceptors (Lipinski definition) is 2. The standard InChI is InChI=1S/C51H44N2/c1-49(2)41-19-13-14-20-47(41)53(36-17-11-8-12-18-36)48-31-45-40(30-46(48)49)39-25-22-33(28-43(39)51(45,5)6)32-21-24-37-38-26-23-35(52-34-15-9-7-10-16-34)29-44(38)50(3,4)42(37)27-32/h7-31,52H,1-6H3. The molecule has 0 unspecified atom stereocenters. The van der Waals surface area contributed by atoms with Gasteiger partial charge in [-0.15, -0.1) is 0 Å². The Morgan fingerprint density at radius 1 is 0.358 bits per heavy atom. The van der Waals surface area contributed by atoms with E-state index in [0.717, 1.165) is 11.4 Å². The maximum absolute atomic E-state index is 3.61. The fourth-order valence-corrected chi connectivity index (χ4v) is 9.64. The van der Waals surface area contributed by atoms with Crippen molar-refractivity contribution >= 4 is 28.4 Å². The van der Waals surface area contributed by atoms with E-state index in [4.69, 9.17) is 0 Å². The summed E-state index contributed by atoms with van der Waals surface area (Å²) in [5.41, 5.74) is 21.7. The highest BCUT2D eigenvalue weighted by Gasteiger charge is 2.42. The molecule has 0 bridgehead atoms. The van der Waals surface area contributed by atoms with Crippen LogP contribution < -0.4 is 10.2 Å². The van der Waals surface area contributed by atoms with Gasteiger partial charge in [-0.1, -0.05) is 126 Å². The Kier molecular flexibility index (Phi) is 6.65. The van der Waals surface area contributed by atoms with Gasteiger partial charge in [-0.25, -0.2) is 0 Å². The summed E-state index contributed by atoms with van der Waals surface area (Å²) in [7, 11) is 0. The van der Waals surface area contributed by atoms with Gasteiger partial charge >= 0.3 is 0 Å². The van der Waals surface area contributed by atoms with Crippen molar-refractivity contribution in [2.75, 3.05) is 10.2 Å². The lowest BCUT2D eigenvalue weighted by Crippen LogP contribution is -2.31. The van der Waals surface area contributed by atoms with E-state index in [1.807, 2.05) is 0 Å². The molecule has 7 aromatic carbocycles. The van der Waals surface area contributed by atoms with Gasteiger partial charge in [0.2, 0.25) is 0 Å². The highest BCUT2D eigenvalue weighted by Crippen LogP contribution is 2.58. The van der Waals surface area contributed by atoms with Gasteiger partial charge in [0.1, 0.15) is 0 Å². The molecule has 1 heterocycles. The Hall–Kier alpha value is -5.86. The van der Waals surface area contributed by atoms with Gasteiger partial charge in [0.25, 0.3) is 0 Å². The van der Waals surface area contributed by atoms with Gasteiger partial charge in [-0.05, 0) is 133 Å². The zero-order valence-corrected chi connectivity index (χ0v) is 31.4. The fourth-order valence-electron chi connectivity index (χ4n) is 9.64. The summed E-state index contributed by atoms with van der Waals surface area (Å²) < 4.78 is 0. The van der Waals surface area contributed by atoms with E-state index in [1.54, 1.807) is 0 Å². The van der Waals surface area contributed by atoms with Crippen LogP contribution in [-0.4, -0.2) is 0 Å². The Bertz CT molecular complexity index is 2610. The van der Waals surface area contributed by atoms with Gasteiger partial charge in [0.05, 0.1) is 11.4 Å². The fraction of sp³-hybridized carbons (Fsp3) is 0.176. The van der Waals surface area contributed by atoms with Crippen LogP contribution in [0.25, 0.3) is 33.4 Å². The molecular formula is C51H44N2. The molecule has 1 N–H and O–H groups in total. The number of anilines is 5. The molecule has 0 saturated carbocycles. The second-order valence-electron chi connectivity index (χ2n) is 16.8. The van der Waals surface area contributed by atoms with Crippen LogP contribution in [0.3, 0.4) is 0 Å². The first-order valence-corrected chi connectivity index (χ1v) is 18.9. The summed E-state index contributed by atoms with van der Waals surface area (Å²) in [6.45, 7) is 14.3. The monoisotopic (exact) mass is 684 g/mol. The number of benzene rings is 7. The molecular weight excluding hydrogens is 641 g/mol. The molecule has 3 aliphatic rings. The summed E-state index contributed by atoms with van der Waals surface area (Å²) in [4.78, 5) is 2.48. The van der Waals surface area contributed by atoms with Gasteiger partial charge in [-0.2, -0.15) is 0 Å². The maximum Gasteiger partial charge on any atom is 0.0506 e. The topological polar surface area (TPSA) is 15.3 Å². The number of rotatable bonds is 4. The molecule has 0 saturated heterocycles. The zero-order chi connectivity index (χ0) is 36.3. The summed E-state index contributed by atoms with van der Waals surface area (Å²) >= 11 is 0. The van der Waals surface area contributed by atoms with Crippen molar-refractivity contribution < 1.29 is 0 Å². The molecule has 1 aliphatic heterocycles. The number of nitrogens with one attached hydrogen (secondary N) is 1. The van der Waals surface area contributed by atoms with Crippen LogP contribution >= 0.6 is 0 Å². The van der Waals surface area contributed by atoms with Gasteiger partial charge in [0.15, 0.2) is 0 Å². The normalized spacial score (nSPS) is 16.2. The molecule has 0 aromatic heterocycles. The number of nitrogens with zero attached hydrogens (tertiary/aromatic N) is 1. The van der Waals surface area contributed by atoms with Crippen LogP contribution in [0.15, 0.2) is 152 Å². The van der Waals surface area contributed by atoms with Crippen LogP contribution in [0.1, 0.15) is 74.9 Å². The molecule has 2 heteroatoms. The average molecular weight is 685 g/mol. The van der Waals surface area contributed by atoms with E-state index in [-0.39, 0.29) is 16.2 Å². The highest BCUT2D eigenvalue weighted by molar-refractivity contribution is 5.93. The minimum atomic E-state index is -0.159. The lowest BCUT2D eigenvalue weighted by atomic mass is 9.72. The highest BCUT2D eigenvalue weighted by atomic mass is 15.2. The lowest BCUT2D eigenvalue weighted by molar-refractivity contribution is 0.627. The zero-order valence-electron chi connectivity index (χ0n) is 31.4. The SMILES string of the molecule is CC1(C)c2cc(Nc3ccccc3)ccc2-c2ccc(-c3ccc4c(c3)C(C)(C)c3cc5c(cc3-4)C(C)(C)c3ccccc3N5c3ccccc3)cc21. The van der Waals surface area contributed by atoms with Crippen molar-refractivity contribution in [2.45, 2.75) is 57.8 Å².